The van der Waals surface area contributed by atoms with Crippen LogP contribution in [0, 0.1) is 5.92 Å². The van der Waals surface area contributed by atoms with E-state index in [-0.39, 0.29) is 28.9 Å². The Hall–Kier alpha value is -3.37. The minimum absolute atomic E-state index is 0.0392. The van der Waals surface area contributed by atoms with Crippen LogP contribution < -0.4 is 22.1 Å². The maximum atomic E-state index is 12.9. The van der Waals surface area contributed by atoms with Gasteiger partial charge in [0.15, 0.2) is 0 Å². The molecule has 0 saturated heterocycles. The zero-order chi connectivity index (χ0) is 21.1. The van der Waals surface area contributed by atoms with E-state index in [4.69, 9.17) is 11.5 Å². The number of rotatable bonds is 7. The maximum Gasteiger partial charge on any atom is 0.416 e. The Balaban J connectivity index is 2.39. The molecule has 1 atom stereocenters. The lowest BCUT2D eigenvalue weighted by atomic mass is 10.0. The maximum absolute atomic E-state index is 12.9. The van der Waals surface area contributed by atoms with Crippen molar-refractivity contribution in [2.24, 2.45) is 17.4 Å². The molecule has 0 spiro atoms. The van der Waals surface area contributed by atoms with E-state index in [2.05, 4.69) is 20.6 Å². The normalized spacial score (nSPS) is 12.5. The molecule has 0 bridgehead atoms. The van der Waals surface area contributed by atoms with Gasteiger partial charge >= 0.3 is 6.18 Å². The number of primary amides is 2. The number of benzene rings is 1. The van der Waals surface area contributed by atoms with Gasteiger partial charge < -0.3 is 22.1 Å². The number of halogens is 3. The van der Waals surface area contributed by atoms with Crippen molar-refractivity contribution in [2.45, 2.75) is 26.1 Å². The molecule has 1 aromatic carbocycles. The Morgan fingerprint density at radius 3 is 2.39 bits per heavy atom. The second-order valence-electron chi connectivity index (χ2n) is 6.29. The molecule has 1 heterocycles. The van der Waals surface area contributed by atoms with E-state index in [1.807, 2.05) is 0 Å². The van der Waals surface area contributed by atoms with Crippen LogP contribution in [0.5, 0.6) is 0 Å². The minimum Gasteiger partial charge on any atom is -0.368 e. The van der Waals surface area contributed by atoms with E-state index in [1.165, 1.54) is 12.1 Å². The average molecular weight is 396 g/mol. The molecule has 6 N–H and O–H groups in total. The lowest BCUT2D eigenvalue weighted by Gasteiger charge is -2.19. The second-order valence-corrected chi connectivity index (χ2v) is 6.29. The van der Waals surface area contributed by atoms with Gasteiger partial charge in [-0.25, -0.2) is 4.98 Å². The number of hydrogen-bond donors (Lipinski definition) is 4. The number of nitrogens with one attached hydrogen (secondary N) is 2. The summed E-state index contributed by atoms with van der Waals surface area (Å²) in [4.78, 5) is 31.1. The average Bonchev–Trinajstić information content (AvgIpc) is 2.58. The van der Waals surface area contributed by atoms with Crippen LogP contribution in [0.2, 0.25) is 0 Å². The quantitative estimate of drug-likeness (QED) is 0.567. The molecule has 0 aliphatic carbocycles. The monoisotopic (exact) mass is 396 g/mol. The fraction of sp³-hybridized carbons (Fsp3) is 0.294. The highest BCUT2D eigenvalue weighted by molar-refractivity contribution is 5.98. The third-order valence-electron chi connectivity index (χ3n) is 3.76. The molecule has 28 heavy (non-hydrogen) atoms. The third-order valence-corrected chi connectivity index (χ3v) is 3.76. The molecule has 0 saturated carbocycles. The molecule has 0 aliphatic heterocycles. The van der Waals surface area contributed by atoms with Crippen molar-refractivity contribution in [1.82, 2.24) is 9.97 Å². The first-order chi connectivity index (χ1) is 13.0. The van der Waals surface area contributed by atoms with Gasteiger partial charge in [0.05, 0.1) is 5.56 Å². The van der Waals surface area contributed by atoms with Crippen molar-refractivity contribution in [3.63, 3.8) is 0 Å². The molecule has 2 amide bonds. The number of anilines is 3. The van der Waals surface area contributed by atoms with Crippen LogP contribution >= 0.6 is 0 Å². The van der Waals surface area contributed by atoms with Crippen molar-refractivity contribution >= 4 is 29.3 Å². The summed E-state index contributed by atoms with van der Waals surface area (Å²) < 4.78 is 38.7. The number of amides is 2. The summed E-state index contributed by atoms with van der Waals surface area (Å²) in [6.07, 6.45) is -3.43. The topological polar surface area (TPSA) is 136 Å². The Kier molecular flexibility index (Phi) is 6.06. The molecule has 0 fully saturated rings. The van der Waals surface area contributed by atoms with Gasteiger partial charge in [-0.3, -0.25) is 9.59 Å². The van der Waals surface area contributed by atoms with Crippen LogP contribution in [0.25, 0.3) is 0 Å². The summed E-state index contributed by atoms with van der Waals surface area (Å²) in [5, 5.41) is 5.37. The summed E-state index contributed by atoms with van der Waals surface area (Å²) in [6, 6.07) is 3.56. The van der Waals surface area contributed by atoms with E-state index >= 15 is 0 Å². The lowest BCUT2D eigenvalue weighted by molar-refractivity contribution is -0.137. The molecule has 11 heteroatoms. The SMILES string of the molecule is CC(C)C(Nc1ncc(C(N)=O)c(Nc2cccc(C(F)(F)F)c2)n1)C(N)=O. The van der Waals surface area contributed by atoms with E-state index in [0.29, 0.717) is 0 Å². The summed E-state index contributed by atoms with van der Waals surface area (Å²) in [6.45, 7) is 3.50. The largest absolute Gasteiger partial charge is 0.416 e. The first kappa shape index (κ1) is 20.9. The molecule has 1 unspecified atom stereocenters. The standard InChI is InChI=1S/C17H19F3N6O2/c1-8(2)12(14(22)28)25-16-23-7-11(13(21)27)15(26-16)24-10-5-3-4-9(6-10)17(18,19)20/h3-8,12H,1-2H3,(H2,21,27)(H2,22,28)(H2,23,24,25,26). The first-order valence-corrected chi connectivity index (χ1v) is 8.16. The summed E-state index contributed by atoms with van der Waals surface area (Å²) >= 11 is 0. The number of nitrogens with zero attached hydrogens (tertiary/aromatic N) is 2. The van der Waals surface area contributed by atoms with Crippen molar-refractivity contribution in [3.05, 3.63) is 41.6 Å². The number of alkyl halides is 3. The van der Waals surface area contributed by atoms with Gasteiger partial charge in [-0.15, -0.1) is 0 Å². The smallest absolute Gasteiger partial charge is 0.368 e. The Bertz CT molecular complexity index is 885. The number of carbonyl (C=O) groups is 2. The van der Waals surface area contributed by atoms with Gasteiger partial charge in [0.2, 0.25) is 11.9 Å². The Morgan fingerprint density at radius 2 is 1.86 bits per heavy atom. The number of nitrogens with two attached hydrogens (primary N) is 2. The molecule has 0 radical (unpaired) electrons. The van der Waals surface area contributed by atoms with Gasteiger partial charge in [0.25, 0.3) is 5.91 Å². The van der Waals surface area contributed by atoms with Crippen molar-refractivity contribution in [1.29, 1.82) is 0 Å². The highest BCUT2D eigenvalue weighted by atomic mass is 19.4. The molecule has 150 valence electrons. The van der Waals surface area contributed by atoms with Gasteiger partial charge in [-0.1, -0.05) is 19.9 Å². The van der Waals surface area contributed by atoms with Gasteiger partial charge in [0, 0.05) is 11.9 Å². The van der Waals surface area contributed by atoms with Crippen molar-refractivity contribution in [2.75, 3.05) is 10.6 Å². The van der Waals surface area contributed by atoms with Crippen LogP contribution in [0.15, 0.2) is 30.5 Å². The predicted molar refractivity (Wildman–Crippen MR) is 96.7 cm³/mol. The molecular formula is C17H19F3N6O2. The molecule has 2 aromatic rings. The fourth-order valence-corrected chi connectivity index (χ4v) is 2.34. The van der Waals surface area contributed by atoms with Crippen molar-refractivity contribution < 1.29 is 22.8 Å². The van der Waals surface area contributed by atoms with E-state index in [0.717, 1.165) is 18.3 Å². The van der Waals surface area contributed by atoms with Crippen LogP contribution in [0.4, 0.5) is 30.6 Å². The molecular weight excluding hydrogens is 377 g/mol. The zero-order valence-electron chi connectivity index (χ0n) is 15.0. The summed E-state index contributed by atoms with van der Waals surface area (Å²) in [5.74, 6) is -1.86. The minimum atomic E-state index is -4.53. The Morgan fingerprint density at radius 1 is 1.18 bits per heavy atom. The molecule has 2 rings (SSSR count). The van der Waals surface area contributed by atoms with Crippen LogP contribution in [0.1, 0.15) is 29.8 Å². The van der Waals surface area contributed by atoms with E-state index in [1.54, 1.807) is 13.8 Å². The summed E-state index contributed by atoms with van der Waals surface area (Å²) in [7, 11) is 0. The van der Waals surface area contributed by atoms with E-state index in [9.17, 15) is 22.8 Å². The van der Waals surface area contributed by atoms with Gasteiger partial charge in [-0.2, -0.15) is 18.2 Å². The van der Waals surface area contributed by atoms with Gasteiger partial charge in [0.1, 0.15) is 17.4 Å². The van der Waals surface area contributed by atoms with Crippen LogP contribution in [-0.4, -0.2) is 27.8 Å². The number of carbonyl (C=O) groups excluding carboxylic acids is 2. The number of aromatic nitrogens is 2. The highest BCUT2D eigenvalue weighted by Crippen LogP contribution is 2.31. The molecule has 1 aromatic heterocycles. The second kappa shape index (κ2) is 8.11. The first-order valence-electron chi connectivity index (χ1n) is 8.16. The molecule has 0 aliphatic rings. The van der Waals surface area contributed by atoms with E-state index < -0.39 is 29.6 Å². The highest BCUT2D eigenvalue weighted by Gasteiger charge is 2.30. The van der Waals surface area contributed by atoms with Crippen LogP contribution in [0.3, 0.4) is 0 Å². The van der Waals surface area contributed by atoms with Crippen molar-refractivity contribution in [3.8, 4) is 0 Å². The summed E-state index contributed by atoms with van der Waals surface area (Å²) in [5.41, 5.74) is 9.64. The third kappa shape index (κ3) is 5.09. The fourth-order valence-electron chi connectivity index (χ4n) is 2.34. The zero-order valence-corrected chi connectivity index (χ0v) is 15.0. The molecule has 8 nitrogen and oxygen atoms in total. The van der Waals surface area contributed by atoms with Crippen LogP contribution in [-0.2, 0) is 11.0 Å². The number of hydrogen-bond acceptors (Lipinski definition) is 6. The predicted octanol–water partition coefficient (Wildman–Crippen LogP) is 2.26. The van der Waals surface area contributed by atoms with Gasteiger partial charge in [-0.05, 0) is 24.1 Å². The lowest BCUT2D eigenvalue weighted by Crippen LogP contribution is -2.40. The Labute approximate surface area is 158 Å².